The standard InChI is InChI=1S/C15H15BrN2OS/c1-9-6-7-11(10(16)8-9)19-12-4-3-5-13(20-2)14(12)15(17)18/h3-8H,1-2H3,(H3,17,18). The van der Waals surface area contributed by atoms with Crippen molar-refractivity contribution in [3.05, 3.63) is 52.0 Å². The van der Waals surface area contributed by atoms with Crippen molar-refractivity contribution in [1.29, 1.82) is 5.41 Å². The predicted molar refractivity (Wildman–Crippen MR) is 88.2 cm³/mol. The third-order valence-electron chi connectivity index (χ3n) is 2.78. The third-order valence-corrected chi connectivity index (χ3v) is 4.18. The Labute approximate surface area is 131 Å². The minimum atomic E-state index is 0.00758. The molecule has 104 valence electrons. The number of hydrogen-bond donors (Lipinski definition) is 2. The molecule has 0 unspecified atom stereocenters. The number of thioether (sulfide) groups is 1. The van der Waals surface area contributed by atoms with Gasteiger partial charge in [-0.25, -0.2) is 0 Å². The van der Waals surface area contributed by atoms with E-state index in [4.69, 9.17) is 15.9 Å². The molecule has 0 heterocycles. The Bertz CT molecular complexity index is 658. The van der Waals surface area contributed by atoms with Gasteiger partial charge in [-0.1, -0.05) is 12.1 Å². The maximum Gasteiger partial charge on any atom is 0.141 e. The molecule has 0 saturated carbocycles. The van der Waals surface area contributed by atoms with Crippen LogP contribution in [-0.4, -0.2) is 12.1 Å². The van der Waals surface area contributed by atoms with Crippen LogP contribution in [0.15, 0.2) is 45.8 Å². The van der Waals surface area contributed by atoms with Crippen LogP contribution in [0.5, 0.6) is 11.5 Å². The lowest BCUT2D eigenvalue weighted by Gasteiger charge is -2.14. The van der Waals surface area contributed by atoms with Gasteiger partial charge in [0.05, 0.1) is 10.0 Å². The zero-order valence-corrected chi connectivity index (χ0v) is 13.6. The highest BCUT2D eigenvalue weighted by Crippen LogP contribution is 2.35. The van der Waals surface area contributed by atoms with Crippen LogP contribution in [0.25, 0.3) is 0 Å². The van der Waals surface area contributed by atoms with Gasteiger partial charge in [0.15, 0.2) is 0 Å². The molecule has 0 fully saturated rings. The lowest BCUT2D eigenvalue weighted by atomic mass is 10.2. The first-order valence-electron chi connectivity index (χ1n) is 5.98. The van der Waals surface area contributed by atoms with E-state index in [1.807, 2.05) is 49.6 Å². The maximum atomic E-state index is 7.75. The minimum absolute atomic E-state index is 0.00758. The van der Waals surface area contributed by atoms with Crippen LogP contribution >= 0.6 is 27.7 Å². The number of nitrogens with one attached hydrogen (secondary N) is 1. The fourth-order valence-electron chi connectivity index (χ4n) is 1.84. The number of ether oxygens (including phenoxy) is 1. The Morgan fingerprint density at radius 2 is 2.00 bits per heavy atom. The van der Waals surface area contributed by atoms with Gasteiger partial charge in [-0.05, 0) is 58.9 Å². The van der Waals surface area contributed by atoms with Crippen LogP contribution in [0, 0.1) is 12.3 Å². The fraction of sp³-hybridized carbons (Fsp3) is 0.133. The summed E-state index contributed by atoms with van der Waals surface area (Å²) in [4.78, 5) is 0.929. The number of nitrogens with two attached hydrogens (primary N) is 1. The summed E-state index contributed by atoms with van der Waals surface area (Å²) >= 11 is 5.03. The molecule has 3 nitrogen and oxygen atoms in total. The van der Waals surface area contributed by atoms with Gasteiger partial charge >= 0.3 is 0 Å². The van der Waals surface area contributed by atoms with Crippen LogP contribution in [0.4, 0.5) is 0 Å². The van der Waals surface area contributed by atoms with Crippen LogP contribution in [0.1, 0.15) is 11.1 Å². The van der Waals surface area contributed by atoms with Gasteiger partial charge < -0.3 is 10.5 Å². The smallest absolute Gasteiger partial charge is 0.141 e. The Hall–Kier alpha value is -1.46. The van der Waals surface area contributed by atoms with Crippen molar-refractivity contribution in [2.75, 3.05) is 6.26 Å². The molecule has 0 aromatic heterocycles. The van der Waals surface area contributed by atoms with Gasteiger partial charge in [0.25, 0.3) is 0 Å². The van der Waals surface area contributed by atoms with E-state index >= 15 is 0 Å². The van der Waals surface area contributed by atoms with Gasteiger partial charge in [0, 0.05) is 4.90 Å². The molecule has 3 N–H and O–H groups in total. The number of benzene rings is 2. The fourth-order valence-corrected chi connectivity index (χ4v) is 3.04. The third kappa shape index (κ3) is 3.16. The number of aryl methyl sites for hydroxylation is 1. The van der Waals surface area contributed by atoms with Crippen molar-refractivity contribution >= 4 is 33.5 Å². The number of hydrogen-bond acceptors (Lipinski definition) is 3. The number of amidine groups is 1. The average molecular weight is 351 g/mol. The summed E-state index contributed by atoms with van der Waals surface area (Å²) in [5, 5.41) is 7.75. The van der Waals surface area contributed by atoms with E-state index in [9.17, 15) is 0 Å². The molecule has 20 heavy (non-hydrogen) atoms. The Kier molecular flexibility index (Phi) is 4.73. The van der Waals surface area contributed by atoms with Gasteiger partial charge in [0.1, 0.15) is 17.3 Å². The molecule has 0 atom stereocenters. The van der Waals surface area contributed by atoms with E-state index in [2.05, 4.69) is 15.9 Å². The van der Waals surface area contributed by atoms with Gasteiger partial charge in [-0.2, -0.15) is 0 Å². The second kappa shape index (κ2) is 6.33. The summed E-state index contributed by atoms with van der Waals surface area (Å²) in [6.45, 7) is 2.02. The van der Waals surface area contributed by atoms with E-state index in [0.29, 0.717) is 17.1 Å². The highest BCUT2D eigenvalue weighted by molar-refractivity contribution is 9.10. The Morgan fingerprint density at radius 1 is 1.25 bits per heavy atom. The summed E-state index contributed by atoms with van der Waals surface area (Å²) in [6.07, 6.45) is 1.95. The van der Waals surface area contributed by atoms with E-state index in [1.54, 1.807) is 11.8 Å². The molecule has 5 heteroatoms. The largest absolute Gasteiger partial charge is 0.455 e. The monoisotopic (exact) mass is 350 g/mol. The van der Waals surface area contributed by atoms with Crippen LogP contribution < -0.4 is 10.5 Å². The van der Waals surface area contributed by atoms with Crippen molar-refractivity contribution in [3.63, 3.8) is 0 Å². The van der Waals surface area contributed by atoms with E-state index in [0.717, 1.165) is 14.9 Å². The molecule has 2 rings (SSSR count). The molecule has 0 radical (unpaired) electrons. The van der Waals surface area contributed by atoms with E-state index < -0.39 is 0 Å². The first-order chi connectivity index (χ1) is 9.52. The number of rotatable bonds is 4. The van der Waals surface area contributed by atoms with Crippen molar-refractivity contribution in [2.45, 2.75) is 11.8 Å². The van der Waals surface area contributed by atoms with E-state index in [-0.39, 0.29) is 5.84 Å². The molecule has 2 aromatic carbocycles. The van der Waals surface area contributed by atoms with Crippen LogP contribution in [-0.2, 0) is 0 Å². The molecule has 0 spiro atoms. The van der Waals surface area contributed by atoms with Gasteiger partial charge in [0.2, 0.25) is 0 Å². The molecule has 2 aromatic rings. The molecule has 0 aliphatic heterocycles. The molecular formula is C15H15BrN2OS. The lowest BCUT2D eigenvalue weighted by Crippen LogP contribution is -2.13. The highest BCUT2D eigenvalue weighted by atomic mass is 79.9. The second-order valence-corrected chi connectivity index (χ2v) is 5.99. The van der Waals surface area contributed by atoms with Crippen LogP contribution in [0.2, 0.25) is 0 Å². The van der Waals surface area contributed by atoms with Crippen molar-refractivity contribution in [3.8, 4) is 11.5 Å². The van der Waals surface area contributed by atoms with Crippen molar-refractivity contribution < 1.29 is 4.74 Å². The number of nitrogen functional groups attached to an aromatic ring is 1. The first-order valence-corrected chi connectivity index (χ1v) is 8.00. The molecule has 0 aliphatic carbocycles. The van der Waals surface area contributed by atoms with Crippen molar-refractivity contribution in [2.24, 2.45) is 5.73 Å². The quantitative estimate of drug-likeness (QED) is 0.482. The highest BCUT2D eigenvalue weighted by Gasteiger charge is 2.13. The minimum Gasteiger partial charge on any atom is -0.455 e. The average Bonchev–Trinajstić information content (AvgIpc) is 2.41. The molecule has 0 aliphatic rings. The van der Waals surface area contributed by atoms with Gasteiger partial charge in [-0.15, -0.1) is 11.8 Å². The molecular weight excluding hydrogens is 336 g/mol. The molecule has 0 saturated heterocycles. The van der Waals surface area contributed by atoms with Crippen LogP contribution in [0.3, 0.4) is 0 Å². The first kappa shape index (κ1) is 14.9. The summed E-state index contributed by atoms with van der Waals surface area (Å²) in [7, 11) is 0. The molecule has 0 bridgehead atoms. The Morgan fingerprint density at radius 3 is 2.60 bits per heavy atom. The summed E-state index contributed by atoms with van der Waals surface area (Å²) in [5.41, 5.74) is 7.46. The number of halogens is 1. The zero-order valence-electron chi connectivity index (χ0n) is 11.2. The van der Waals surface area contributed by atoms with E-state index in [1.165, 1.54) is 0 Å². The lowest BCUT2D eigenvalue weighted by molar-refractivity contribution is 0.477. The maximum absolute atomic E-state index is 7.75. The molecule has 0 amide bonds. The Balaban J connectivity index is 2.45. The zero-order chi connectivity index (χ0) is 14.7. The normalized spacial score (nSPS) is 10.3. The summed E-state index contributed by atoms with van der Waals surface area (Å²) in [6, 6.07) is 11.5. The predicted octanol–water partition coefficient (Wildman–Crippen LogP) is 4.56. The van der Waals surface area contributed by atoms with Crippen molar-refractivity contribution in [1.82, 2.24) is 0 Å². The summed E-state index contributed by atoms with van der Waals surface area (Å²) in [5.74, 6) is 1.30. The SMILES string of the molecule is CSc1cccc(Oc2ccc(C)cc2Br)c1C(=N)N. The van der Waals surface area contributed by atoms with Gasteiger partial charge in [-0.3, -0.25) is 5.41 Å². The topological polar surface area (TPSA) is 59.1 Å². The summed E-state index contributed by atoms with van der Waals surface area (Å²) < 4.78 is 6.79. The second-order valence-electron chi connectivity index (χ2n) is 4.28.